The number of carboxylic acids is 1. The number of para-hydroxylation sites is 1. The fourth-order valence-electron chi connectivity index (χ4n) is 3.93. The van der Waals surface area contributed by atoms with E-state index in [4.69, 9.17) is 24.1 Å². The standard InChI is InChI=1S/C30H38O9/c1-4-24(36-3)19-28(32)39-27(16-17-37-25-8-6-5-7-9-25)20-29(33)38-26(18-21(2)31)15-12-22-10-13-23(14-11-22)30(34)35/h5-11,13-14,24,26-27H,4,12,15-20H2,1-3H3,(H,34,35). The molecular formula is C30H38O9. The summed E-state index contributed by atoms with van der Waals surface area (Å²) in [6.45, 7) is 3.55. The molecule has 0 spiro atoms. The molecule has 0 saturated heterocycles. The Morgan fingerprint density at radius 2 is 1.38 bits per heavy atom. The first-order valence-corrected chi connectivity index (χ1v) is 13.1. The molecular weight excluding hydrogens is 504 g/mol. The molecule has 39 heavy (non-hydrogen) atoms. The highest BCUT2D eigenvalue weighted by Crippen LogP contribution is 2.17. The second kappa shape index (κ2) is 17.0. The van der Waals surface area contributed by atoms with Crippen molar-refractivity contribution in [2.45, 2.75) is 77.1 Å². The number of aromatic carboxylic acids is 1. The molecule has 0 bridgehead atoms. The van der Waals surface area contributed by atoms with Crippen molar-refractivity contribution >= 4 is 23.7 Å². The molecule has 9 nitrogen and oxygen atoms in total. The van der Waals surface area contributed by atoms with Gasteiger partial charge in [0, 0.05) is 20.0 Å². The maximum absolute atomic E-state index is 12.9. The van der Waals surface area contributed by atoms with Crippen LogP contribution in [0.5, 0.6) is 5.75 Å². The van der Waals surface area contributed by atoms with Gasteiger partial charge in [-0.2, -0.15) is 0 Å². The van der Waals surface area contributed by atoms with Crippen LogP contribution in [0.2, 0.25) is 0 Å². The minimum Gasteiger partial charge on any atom is -0.493 e. The number of aryl methyl sites for hydroxylation is 1. The van der Waals surface area contributed by atoms with E-state index in [2.05, 4.69) is 0 Å². The van der Waals surface area contributed by atoms with Crippen LogP contribution in [-0.4, -0.2) is 60.8 Å². The third kappa shape index (κ3) is 12.6. The van der Waals surface area contributed by atoms with E-state index in [0.29, 0.717) is 25.0 Å². The van der Waals surface area contributed by atoms with Crippen LogP contribution in [-0.2, 0) is 35.0 Å². The maximum Gasteiger partial charge on any atom is 0.335 e. The number of ether oxygens (including phenoxy) is 4. The molecule has 2 aromatic carbocycles. The average Bonchev–Trinajstić information content (AvgIpc) is 2.90. The topological polar surface area (TPSA) is 125 Å². The smallest absolute Gasteiger partial charge is 0.335 e. The number of rotatable bonds is 18. The third-order valence-corrected chi connectivity index (χ3v) is 6.10. The van der Waals surface area contributed by atoms with E-state index in [0.717, 1.165) is 5.56 Å². The van der Waals surface area contributed by atoms with Crippen LogP contribution >= 0.6 is 0 Å². The summed E-state index contributed by atoms with van der Waals surface area (Å²) < 4.78 is 22.2. The lowest BCUT2D eigenvalue weighted by Crippen LogP contribution is -2.29. The van der Waals surface area contributed by atoms with Gasteiger partial charge in [0.1, 0.15) is 23.7 Å². The lowest BCUT2D eigenvalue weighted by Gasteiger charge is -2.21. The highest BCUT2D eigenvalue weighted by Gasteiger charge is 2.24. The number of hydrogen-bond donors (Lipinski definition) is 1. The number of carbonyl (C=O) groups is 4. The fourth-order valence-corrected chi connectivity index (χ4v) is 3.93. The van der Waals surface area contributed by atoms with Crippen LogP contribution in [0.4, 0.5) is 0 Å². The monoisotopic (exact) mass is 542 g/mol. The molecule has 0 amide bonds. The first-order valence-electron chi connectivity index (χ1n) is 13.1. The maximum atomic E-state index is 12.9. The van der Waals surface area contributed by atoms with E-state index in [1.165, 1.54) is 26.2 Å². The van der Waals surface area contributed by atoms with Gasteiger partial charge in [-0.05, 0) is 56.0 Å². The van der Waals surface area contributed by atoms with Gasteiger partial charge in [-0.1, -0.05) is 37.3 Å². The number of Topliss-reactive ketones (excluding diaryl/α,β-unsaturated/α-hetero) is 1. The predicted molar refractivity (Wildman–Crippen MR) is 144 cm³/mol. The normalized spacial score (nSPS) is 13.1. The Hall–Kier alpha value is -3.72. The Balaban J connectivity index is 1.99. The number of ketones is 1. The van der Waals surface area contributed by atoms with Crippen molar-refractivity contribution in [2.75, 3.05) is 13.7 Å². The minimum atomic E-state index is -1.01. The Bertz CT molecular complexity index is 1050. The van der Waals surface area contributed by atoms with Crippen LogP contribution < -0.4 is 4.74 Å². The van der Waals surface area contributed by atoms with Crippen molar-refractivity contribution in [1.29, 1.82) is 0 Å². The van der Waals surface area contributed by atoms with Gasteiger partial charge >= 0.3 is 17.9 Å². The molecule has 3 atom stereocenters. The first kappa shape index (κ1) is 31.5. The van der Waals surface area contributed by atoms with Gasteiger partial charge in [-0.15, -0.1) is 0 Å². The van der Waals surface area contributed by atoms with E-state index in [1.54, 1.807) is 24.3 Å². The molecule has 3 unspecified atom stereocenters. The first-order chi connectivity index (χ1) is 18.7. The molecule has 212 valence electrons. The molecule has 0 aliphatic heterocycles. The van der Waals surface area contributed by atoms with Crippen LogP contribution in [0.1, 0.15) is 68.3 Å². The molecule has 0 heterocycles. The highest BCUT2D eigenvalue weighted by molar-refractivity contribution is 5.87. The van der Waals surface area contributed by atoms with Gasteiger partial charge in [0.05, 0.1) is 31.1 Å². The molecule has 0 saturated carbocycles. The molecule has 0 aromatic heterocycles. The highest BCUT2D eigenvalue weighted by atomic mass is 16.6. The summed E-state index contributed by atoms with van der Waals surface area (Å²) in [6, 6.07) is 15.6. The summed E-state index contributed by atoms with van der Waals surface area (Å²) >= 11 is 0. The molecule has 2 aromatic rings. The second-order valence-electron chi connectivity index (χ2n) is 9.30. The van der Waals surface area contributed by atoms with Crippen LogP contribution in [0.3, 0.4) is 0 Å². The van der Waals surface area contributed by atoms with Crippen molar-refractivity contribution in [3.63, 3.8) is 0 Å². The van der Waals surface area contributed by atoms with E-state index < -0.39 is 30.1 Å². The summed E-state index contributed by atoms with van der Waals surface area (Å²) in [5.74, 6) is -1.54. The van der Waals surface area contributed by atoms with E-state index in [9.17, 15) is 19.2 Å². The zero-order valence-corrected chi connectivity index (χ0v) is 22.8. The Morgan fingerprint density at radius 1 is 0.795 bits per heavy atom. The number of benzene rings is 2. The molecule has 9 heteroatoms. The average molecular weight is 543 g/mol. The van der Waals surface area contributed by atoms with Crippen LogP contribution in [0.25, 0.3) is 0 Å². The Kier molecular flexibility index (Phi) is 13.7. The largest absolute Gasteiger partial charge is 0.493 e. The Morgan fingerprint density at radius 3 is 1.92 bits per heavy atom. The van der Waals surface area contributed by atoms with E-state index >= 15 is 0 Å². The summed E-state index contributed by atoms with van der Waals surface area (Å²) in [7, 11) is 1.53. The van der Waals surface area contributed by atoms with Gasteiger partial charge in [0.25, 0.3) is 0 Å². The van der Waals surface area contributed by atoms with Crippen molar-refractivity contribution in [3.05, 3.63) is 65.7 Å². The van der Waals surface area contributed by atoms with Crippen molar-refractivity contribution in [1.82, 2.24) is 0 Å². The van der Waals surface area contributed by atoms with E-state index in [-0.39, 0.29) is 49.7 Å². The van der Waals surface area contributed by atoms with Crippen molar-refractivity contribution < 1.29 is 43.2 Å². The van der Waals surface area contributed by atoms with Crippen molar-refractivity contribution in [3.8, 4) is 5.75 Å². The fraction of sp³-hybridized carbons (Fsp3) is 0.467. The molecule has 0 aliphatic carbocycles. The SMILES string of the molecule is CCC(CC(=O)OC(CCOc1ccccc1)CC(=O)OC(CCc1ccc(C(=O)O)cc1)CC(C)=O)OC. The van der Waals surface area contributed by atoms with Crippen LogP contribution in [0.15, 0.2) is 54.6 Å². The van der Waals surface area contributed by atoms with Crippen molar-refractivity contribution in [2.24, 2.45) is 0 Å². The molecule has 0 radical (unpaired) electrons. The number of hydrogen-bond acceptors (Lipinski definition) is 8. The third-order valence-electron chi connectivity index (χ3n) is 6.10. The molecule has 2 rings (SSSR count). The lowest BCUT2D eigenvalue weighted by molar-refractivity contribution is -0.160. The van der Waals surface area contributed by atoms with Gasteiger partial charge in [-0.3, -0.25) is 14.4 Å². The number of esters is 2. The number of carboxylic acid groups (broad SMARTS) is 1. The second-order valence-corrected chi connectivity index (χ2v) is 9.30. The molecule has 1 N–H and O–H groups in total. The predicted octanol–water partition coefficient (Wildman–Crippen LogP) is 4.79. The minimum absolute atomic E-state index is 0.0482. The van der Waals surface area contributed by atoms with Gasteiger partial charge in [0.2, 0.25) is 0 Å². The zero-order valence-electron chi connectivity index (χ0n) is 22.8. The molecule has 0 aliphatic rings. The van der Waals surface area contributed by atoms with Gasteiger partial charge in [0.15, 0.2) is 0 Å². The van der Waals surface area contributed by atoms with Gasteiger partial charge < -0.3 is 24.1 Å². The summed E-state index contributed by atoms with van der Waals surface area (Å²) in [5.41, 5.74) is 1.04. The number of carbonyl (C=O) groups excluding carboxylic acids is 3. The van der Waals surface area contributed by atoms with Crippen LogP contribution in [0, 0.1) is 0 Å². The summed E-state index contributed by atoms with van der Waals surface area (Å²) in [6.07, 6.45) is -0.0135. The van der Waals surface area contributed by atoms with E-state index in [1.807, 2.05) is 25.1 Å². The quantitative estimate of drug-likeness (QED) is 0.265. The lowest BCUT2D eigenvalue weighted by atomic mass is 10.0. The zero-order chi connectivity index (χ0) is 28.6. The summed E-state index contributed by atoms with van der Waals surface area (Å²) in [5, 5.41) is 9.06. The molecule has 0 fully saturated rings. The number of methoxy groups -OCH3 is 1. The summed E-state index contributed by atoms with van der Waals surface area (Å²) in [4.78, 5) is 48.3. The van der Waals surface area contributed by atoms with Gasteiger partial charge in [-0.25, -0.2) is 4.79 Å². The Labute approximate surface area is 229 Å².